The van der Waals surface area contributed by atoms with Crippen molar-refractivity contribution in [1.82, 2.24) is 0 Å². The van der Waals surface area contributed by atoms with Crippen molar-refractivity contribution in [3.8, 4) is 5.75 Å². The van der Waals surface area contributed by atoms with Crippen molar-refractivity contribution < 1.29 is 26.4 Å². The molecule has 1 heterocycles. The Bertz CT molecular complexity index is 1110. The second-order valence-corrected chi connectivity index (χ2v) is 9.94. The maximum absolute atomic E-state index is 12.9. The first-order valence-electron chi connectivity index (χ1n) is 8.05. The second kappa shape index (κ2) is 6.86. The Morgan fingerprint density at radius 3 is 2.41 bits per heavy atom. The normalized spacial score (nSPS) is 14.1. The SMILES string of the molecule is CCS(=O)(=O)c1cc2c(c(S(=O)(=O)Nc3ccc(C)cc3)c1)OCC(=O)N2. The summed E-state index contributed by atoms with van der Waals surface area (Å²) in [7, 11) is -7.88. The molecule has 0 unspecified atom stereocenters. The fraction of sp³-hybridized carbons (Fsp3) is 0.235. The summed E-state index contributed by atoms with van der Waals surface area (Å²) in [6, 6.07) is 8.91. The number of sulfone groups is 1. The number of amides is 1. The minimum Gasteiger partial charge on any atom is -0.480 e. The van der Waals surface area contributed by atoms with Gasteiger partial charge in [-0.1, -0.05) is 24.6 Å². The molecule has 0 radical (unpaired) electrons. The maximum atomic E-state index is 12.9. The monoisotopic (exact) mass is 410 g/mol. The van der Waals surface area contributed by atoms with Gasteiger partial charge in [0.05, 0.1) is 16.3 Å². The van der Waals surface area contributed by atoms with Gasteiger partial charge in [0.25, 0.3) is 15.9 Å². The molecule has 8 nitrogen and oxygen atoms in total. The van der Waals surface area contributed by atoms with Crippen LogP contribution in [0.5, 0.6) is 5.75 Å². The van der Waals surface area contributed by atoms with Crippen LogP contribution in [-0.4, -0.2) is 35.1 Å². The second-order valence-electron chi connectivity index (χ2n) is 6.01. The van der Waals surface area contributed by atoms with Crippen LogP contribution in [0, 0.1) is 6.92 Å². The van der Waals surface area contributed by atoms with E-state index in [0.717, 1.165) is 11.6 Å². The molecule has 0 atom stereocenters. The van der Waals surface area contributed by atoms with Gasteiger partial charge in [0, 0.05) is 5.69 Å². The third kappa shape index (κ3) is 3.91. The molecule has 1 amide bonds. The van der Waals surface area contributed by atoms with Crippen LogP contribution in [-0.2, 0) is 24.7 Å². The Balaban J connectivity index is 2.15. The summed E-state index contributed by atoms with van der Waals surface area (Å²) < 4.78 is 58.1. The molecule has 2 aromatic rings. The molecule has 2 aromatic carbocycles. The molecular weight excluding hydrogens is 392 g/mol. The molecule has 3 rings (SSSR count). The lowest BCUT2D eigenvalue weighted by Gasteiger charge is -2.22. The van der Waals surface area contributed by atoms with Crippen LogP contribution in [0.4, 0.5) is 11.4 Å². The summed E-state index contributed by atoms with van der Waals surface area (Å²) in [4.78, 5) is 11.0. The minimum atomic E-state index is -4.17. The van der Waals surface area contributed by atoms with E-state index in [1.54, 1.807) is 24.3 Å². The van der Waals surface area contributed by atoms with Crippen LogP contribution in [0.2, 0.25) is 0 Å². The number of anilines is 2. The van der Waals surface area contributed by atoms with Gasteiger partial charge in [-0.3, -0.25) is 9.52 Å². The predicted octanol–water partition coefficient (Wildman–Crippen LogP) is 1.92. The van der Waals surface area contributed by atoms with Crippen molar-refractivity contribution in [2.75, 3.05) is 22.4 Å². The largest absolute Gasteiger partial charge is 0.480 e. The third-order valence-electron chi connectivity index (χ3n) is 3.98. The van der Waals surface area contributed by atoms with E-state index in [2.05, 4.69) is 10.0 Å². The number of hydrogen-bond acceptors (Lipinski definition) is 6. The van der Waals surface area contributed by atoms with E-state index in [0.29, 0.717) is 5.69 Å². The summed E-state index contributed by atoms with van der Waals surface area (Å²) in [5.74, 6) is -0.807. The number of benzene rings is 2. The average molecular weight is 410 g/mol. The zero-order valence-corrected chi connectivity index (χ0v) is 16.3. The van der Waals surface area contributed by atoms with Gasteiger partial charge in [-0.25, -0.2) is 16.8 Å². The highest BCUT2D eigenvalue weighted by atomic mass is 32.2. The summed E-state index contributed by atoms with van der Waals surface area (Å²) in [6.07, 6.45) is 0. The van der Waals surface area contributed by atoms with Crippen LogP contribution in [0.1, 0.15) is 12.5 Å². The van der Waals surface area contributed by atoms with Crippen LogP contribution >= 0.6 is 0 Å². The Kier molecular flexibility index (Phi) is 4.87. The van der Waals surface area contributed by atoms with Crippen LogP contribution in [0.25, 0.3) is 0 Å². The number of ether oxygens (including phenoxy) is 1. The zero-order chi connectivity index (χ0) is 19.8. The fourth-order valence-corrected chi connectivity index (χ4v) is 4.77. The highest BCUT2D eigenvalue weighted by Crippen LogP contribution is 2.38. The van der Waals surface area contributed by atoms with Gasteiger partial charge in [-0.2, -0.15) is 0 Å². The van der Waals surface area contributed by atoms with Crippen molar-refractivity contribution in [3.63, 3.8) is 0 Å². The Labute approximate surface area is 157 Å². The lowest BCUT2D eigenvalue weighted by molar-refractivity contribution is -0.118. The van der Waals surface area contributed by atoms with E-state index in [9.17, 15) is 21.6 Å². The summed E-state index contributed by atoms with van der Waals surface area (Å²) in [5.41, 5.74) is 1.28. The Morgan fingerprint density at radius 2 is 1.78 bits per heavy atom. The first kappa shape index (κ1) is 19.2. The standard InChI is InChI=1S/C17H18N2O6S2/c1-3-26(21,22)13-8-14-17(25-10-16(20)18-14)15(9-13)27(23,24)19-12-6-4-11(2)5-7-12/h4-9,19H,3,10H2,1-2H3,(H,18,20). The van der Waals surface area contributed by atoms with Crippen molar-refractivity contribution in [3.05, 3.63) is 42.0 Å². The highest BCUT2D eigenvalue weighted by Gasteiger charge is 2.30. The van der Waals surface area contributed by atoms with Gasteiger partial charge in [0.15, 0.2) is 22.2 Å². The van der Waals surface area contributed by atoms with E-state index in [-0.39, 0.29) is 33.6 Å². The van der Waals surface area contributed by atoms with Crippen molar-refractivity contribution >= 4 is 37.1 Å². The van der Waals surface area contributed by atoms with Crippen LogP contribution in [0.3, 0.4) is 0 Å². The lowest BCUT2D eigenvalue weighted by Crippen LogP contribution is -2.27. The zero-order valence-electron chi connectivity index (χ0n) is 14.6. The van der Waals surface area contributed by atoms with Crippen LogP contribution < -0.4 is 14.8 Å². The number of carbonyl (C=O) groups excluding carboxylic acids is 1. The first-order chi connectivity index (χ1) is 12.6. The number of aryl methyl sites for hydroxylation is 1. The number of sulfonamides is 1. The van der Waals surface area contributed by atoms with Crippen LogP contribution in [0.15, 0.2) is 46.2 Å². The molecule has 0 aliphatic carbocycles. The molecule has 0 saturated heterocycles. The predicted molar refractivity (Wildman–Crippen MR) is 100 cm³/mol. The summed E-state index contributed by atoms with van der Waals surface area (Å²) in [6.45, 7) is 2.95. The molecule has 0 bridgehead atoms. The topological polar surface area (TPSA) is 119 Å². The quantitative estimate of drug-likeness (QED) is 0.777. The van der Waals surface area contributed by atoms with Gasteiger partial charge in [-0.15, -0.1) is 0 Å². The van der Waals surface area contributed by atoms with Crippen molar-refractivity contribution in [2.45, 2.75) is 23.6 Å². The fourth-order valence-electron chi connectivity index (χ4n) is 2.52. The lowest BCUT2D eigenvalue weighted by atomic mass is 10.2. The molecule has 2 N–H and O–H groups in total. The number of rotatable bonds is 5. The molecule has 1 aliphatic heterocycles. The number of nitrogens with one attached hydrogen (secondary N) is 2. The molecule has 10 heteroatoms. The van der Waals surface area contributed by atoms with E-state index in [1.807, 2.05) is 6.92 Å². The van der Waals surface area contributed by atoms with E-state index in [4.69, 9.17) is 4.74 Å². The average Bonchev–Trinajstić information content (AvgIpc) is 2.62. The molecule has 0 spiro atoms. The number of hydrogen-bond donors (Lipinski definition) is 2. The van der Waals surface area contributed by atoms with Crippen molar-refractivity contribution in [1.29, 1.82) is 0 Å². The number of fused-ring (bicyclic) bond motifs is 1. The van der Waals surface area contributed by atoms with Gasteiger partial charge in [0.1, 0.15) is 4.90 Å². The number of carbonyl (C=O) groups is 1. The first-order valence-corrected chi connectivity index (χ1v) is 11.2. The van der Waals surface area contributed by atoms with E-state index < -0.39 is 25.8 Å². The Morgan fingerprint density at radius 1 is 1.11 bits per heavy atom. The third-order valence-corrected chi connectivity index (χ3v) is 7.08. The molecule has 0 saturated carbocycles. The van der Waals surface area contributed by atoms with E-state index in [1.165, 1.54) is 13.0 Å². The Hall–Kier alpha value is -2.59. The van der Waals surface area contributed by atoms with Gasteiger partial charge in [-0.05, 0) is 31.2 Å². The molecule has 0 aromatic heterocycles. The molecule has 27 heavy (non-hydrogen) atoms. The van der Waals surface area contributed by atoms with Gasteiger partial charge >= 0.3 is 0 Å². The van der Waals surface area contributed by atoms with Gasteiger partial charge < -0.3 is 10.1 Å². The molecule has 144 valence electrons. The summed E-state index contributed by atoms with van der Waals surface area (Å²) >= 11 is 0. The summed E-state index contributed by atoms with van der Waals surface area (Å²) in [5, 5.41) is 2.46. The van der Waals surface area contributed by atoms with Crippen molar-refractivity contribution in [2.24, 2.45) is 0 Å². The minimum absolute atomic E-state index is 0.00468. The highest BCUT2D eigenvalue weighted by molar-refractivity contribution is 7.93. The van der Waals surface area contributed by atoms with Gasteiger partial charge in [0.2, 0.25) is 0 Å². The molecular formula is C17H18N2O6S2. The van der Waals surface area contributed by atoms with E-state index >= 15 is 0 Å². The molecule has 0 fully saturated rings. The molecule has 1 aliphatic rings. The maximum Gasteiger partial charge on any atom is 0.265 e. The smallest absolute Gasteiger partial charge is 0.265 e.